The average Bonchev–Trinajstić information content (AvgIpc) is 2.80. The van der Waals surface area contributed by atoms with Gasteiger partial charge in [0.25, 0.3) is 11.8 Å². The third kappa shape index (κ3) is 6.63. The van der Waals surface area contributed by atoms with E-state index in [1.807, 2.05) is 18.2 Å². The van der Waals surface area contributed by atoms with Crippen LogP contribution in [0, 0.1) is 0 Å². The van der Waals surface area contributed by atoms with Gasteiger partial charge in [-0.05, 0) is 60.7 Å². The highest BCUT2D eigenvalue weighted by molar-refractivity contribution is 7.80. The van der Waals surface area contributed by atoms with E-state index >= 15 is 0 Å². The van der Waals surface area contributed by atoms with E-state index in [0.717, 1.165) is 0 Å². The van der Waals surface area contributed by atoms with Crippen molar-refractivity contribution in [3.63, 3.8) is 0 Å². The van der Waals surface area contributed by atoms with Gasteiger partial charge < -0.3 is 20.1 Å². The van der Waals surface area contributed by atoms with Gasteiger partial charge in [0.05, 0.1) is 17.9 Å². The standard InChI is InChI=1S/C24H23N3O4S/c1-30-15-16-31-19-13-11-17(12-14-19)22(28)27-24(32)26-21-10-6-5-9-20(21)23(29)25-18-7-3-2-4-8-18/h2-14H,15-16H2,1H3,(H,25,29)(H2,26,27,28,32). The van der Waals surface area contributed by atoms with Crippen LogP contribution < -0.4 is 20.7 Å². The molecule has 164 valence electrons. The molecule has 0 aliphatic heterocycles. The zero-order valence-electron chi connectivity index (χ0n) is 17.5. The van der Waals surface area contributed by atoms with Crippen molar-refractivity contribution in [1.82, 2.24) is 5.32 Å². The molecule has 3 N–H and O–H groups in total. The molecule has 0 saturated heterocycles. The van der Waals surface area contributed by atoms with Crippen LogP contribution in [-0.4, -0.2) is 37.3 Å². The van der Waals surface area contributed by atoms with E-state index in [9.17, 15) is 9.59 Å². The molecule has 0 fully saturated rings. The lowest BCUT2D eigenvalue weighted by atomic mass is 10.1. The Hall–Kier alpha value is -3.75. The predicted octanol–water partition coefficient (Wildman–Crippen LogP) is 4.09. The molecule has 0 aliphatic carbocycles. The summed E-state index contributed by atoms with van der Waals surface area (Å²) in [6.45, 7) is 0.903. The van der Waals surface area contributed by atoms with E-state index in [4.69, 9.17) is 21.7 Å². The fraction of sp³-hybridized carbons (Fsp3) is 0.125. The van der Waals surface area contributed by atoms with Gasteiger partial charge in [0.15, 0.2) is 5.11 Å². The van der Waals surface area contributed by atoms with E-state index in [-0.39, 0.29) is 16.9 Å². The molecule has 7 nitrogen and oxygen atoms in total. The van der Waals surface area contributed by atoms with Crippen molar-refractivity contribution in [3.05, 3.63) is 90.0 Å². The summed E-state index contributed by atoms with van der Waals surface area (Å²) in [7, 11) is 1.60. The normalized spacial score (nSPS) is 10.2. The fourth-order valence-electron chi connectivity index (χ4n) is 2.78. The highest BCUT2D eigenvalue weighted by Crippen LogP contribution is 2.18. The summed E-state index contributed by atoms with van der Waals surface area (Å²) in [5.41, 5.74) is 1.97. The van der Waals surface area contributed by atoms with E-state index in [2.05, 4.69) is 16.0 Å². The van der Waals surface area contributed by atoms with Crippen molar-refractivity contribution >= 4 is 40.5 Å². The molecule has 0 saturated carbocycles. The zero-order chi connectivity index (χ0) is 22.8. The number of nitrogens with one attached hydrogen (secondary N) is 3. The first-order chi connectivity index (χ1) is 15.6. The van der Waals surface area contributed by atoms with Gasteiger partial charge in [-0.3, -0.25) is 14.9 Å². The Morgan fingerprint density at radius 2 is 1.50 bits per heavy atom. The predicted molar refractivity (Wildman–Crippen MR) is 128 cm³/mol. The van der Waals surface area contributed by atoms with E-state index in [1.165, 1.54) is 0 Å². The third-order valence-corrected chi connectivity index (χ3v) is 4.56. The number of amides is 2. The maximum Gasteiger partial charge on any atom is 0.257 e. The molecular weight excluding hydrogens is 426 g/mol. The molecule has 0 heterocycles. The first kappa shape index (κ1) is 22.9. The lowest BCUT2D eigenvalue weighted by Crippen LogP contribution is -2.34. The molecule has 0 radical (unpaired) electrons. The monoisotopic (exact) mass is 449 g/mol. The molecule has 3 aromatic carbocycles. The molecule has 8 heteroatoms. The number of hydrogen-bond donors (Lipinski definition) is 3. The molecule has 0 aromatic heterocycles. The minimum atomic E-state index is -0.378. The molecule has 0 unspecified atom stereocenters. The number of ether oxygens (including phenoxy) is 2. The number of benzene rings is 3. The smallest absolute Gasteiger partial charge is 0.257 e. The molecule has 2 amide bonds. The number of anilines is 2. The minimum absolute atomic E-state index is 0.0791. The third-order valence-electron chi connectivity index (χ3n) is 4.35. The zero-order valence-corrected chi connectivity index (χ0v) is 18.3. The highest BCUT2D eigenvalue weighted by Gasteiger charge is 2.14. The first-order valence-corrected chi connectivity index (χ1v) is 10.3. The van der Waals surface area contributed by atoms with Crippen LogP contribution in [-0.2, 0) is 4.74 Å². The Morgan fingerprint density at radius 3 is 2.22 bits per heavy atom. The Labute approximate surface area is 191 Å². The molecule has 0 atom stereocenters. The van der Waals surface area contributed by atoms with E-state index in [0.29, 0.717) is 41.5 Å². The minimum Gasteiger partial charge on any atom is -0.491 e. The van der Waals surface area contributed by atoms with E-state index < -0.39 is 0 Å². The molecule has 32 heavy (non-hydrogen) atoms. The van der Waals surface area contributed by atoms with Gasteiger partial charge in [-0.25, -0.2) is 0 Å². The molecule has 0 aliphatic rings. The molecule has 3 aromatic rings. The van der Waals surface area contributed by atoms with Gasteiger partial charge in [0.1, 0.15) is 12.4 Å². The lowest BCUT2D eigenvalue weighted by molar-refractivity contribution is 0.0976. The largest absolute Gasteiger partial charge is 0.491 e. The summed E-state index contributed by atoms with van der Waals surface area (Å²) in [5.74, 6) is -0.0349. The van der Waals surface area contributed by atoms with Crippen molar-refractivity contribution in [1.29, 1.82) is 0 Å². The fourth-order valence-corrected chi connectivity index (χ4v) is 2.99. The second-order valence-corrected chi connectivity index (χ2v) is 7.05. The highest BCUT2D eigenvalue weighted by atomic mass is 32.1. The summed E-state index contributed by atoms with van der Waals surface area (Å²) in [6.07, 6.45) is 0. The number of para-hydroxylation sites is 2. The molecule has 0 bridgehead atoms. The van der Waals surface area contributed by atoms with Crippen molar-refractivity contribution in [2.24, 2.45) is 0 Å². The molecule has 0 spiro atoms. The van der Waals surface area contributed by atoms with Gasteiger partial charge in [-0.1, -0.05) is 30.3 Å². The van der Waals surface area contributed by atoms with Gasteiger partial charge in [-0.15, -0.1) is 0 Å². The SMILES string of the molecule is COCCOc1ccc(C(=O)NC(=S)Nc2ccccc2C(=O)Nc2ccccc2)cc1. The Morgan fingerprint density at radius 1 is 0.812 bits per heavy atom. The molecular formula is C24H23N3O4S. The van der Waals surface area contributed by atoms with Gasteiger partial charge in [0.2, 0.25) is 0 Å². The van der Waals surface area contributed by atoms with Crippen molar-refractivity contribution < 1.29 is 19.1 Å². The van der Waals surface area contributed by atoms with Gasteiger partial charge >= 0.3 is 0 Å². The number of carbonyl (C=O) groups is 2. The van der Waals surface area contributed by atoms with Crippen molar-refractivity contribution in [2.75, 3.05) is 31.0 Å². The van der Waals surface area contributed by atoms with Crippen LogP contribution in [0.4, 0.5) is 11.4 Å². The number of hydrogen-bond acceptors (Lipinski definition) is 5. The van der Waals surface area contributed by atoms with Gasteiger partial charge in [-0.2, -0.15) is 0 Å². The maximum atomic E-state index is 12.7. The summed E-state index contributed by atoms with van der Waals surface area (Å²) in [6, 6.07) is 22.7. The van der Waals surface area contributed by atoms with Crippen LogP contribution in [0.2, 0.25) is 0 Å². The Balaban J connectivity index is 1.60. The number of thiocarbonyl (C=S) groups is 1. The summed E-state index contributed by atoms with van der Waals surface area (Å²) in [4.78, 5) is 25.2. The summed E-state index contributed by atoms with van der Waals surface area (Å²) in [5, 5.41) is 8.46. The van der Waals surface area contributed by atoms with Crippen LogP contribution in [0.15, 0.2) is 78.9 Å². The van der Waals surface area contributed by atoms with Crippen LogP contribution in [0.25, 0.3) is 0 Å². The maximum absolute atomic E-state index is 12.7. The number of carbonyl (C=O) groups excluding carboxylic acids is 2. The van der Waals surface area contributed by atoms with Gasteiger partial charge in [0, 0.05) is 18.4 Å². The summed E-state index contributed by atoms with van der Waals surface area (Å²) >= 11 is 5.27. The van der Waals surface area contributed by atoms with Crippen molar-refractivity contribution in [3.8, 4) is 5.75 Å². The van der Waals surface area contributed by atoms with Crippen LogP contribution in [0.5, 0.6) is 5.75 Å². The van der Waals surface area contributed by atoms with E-state index in [1.54, 1.807) is 67.8 Å². The Bertz CT molecular complexity index is 1070. The van der Waals surface area contributed by atoms with Crippen LogP contribution >= 0.6 is 12.2 Å². The molecule has 3 rings (SSSR count). The average molecular weight is 450 g/mol. The van der Waals surface area contributed by atoms with Crippen LogP contribution in [0.1, 0.15) is 20.7 Å². The van der Waals surface area contributed by atoms with Crippen molar-refractivity contribution in [2.45, 2.75) is 0 Å². The first-order valence-electron chi connectivity index (χ1n) is 9.86. The number of methoxy groups -OCH3 is 1. The Kier molecular flexibility index (Phi) is 8.30. The number of rotatable bonds is 8. The second-order valence-electron chi connectivity index (χ2n) is 6.64. The lowest BCUT2D eigenvalue weighted by Gasteiger charge is -2.14. The topological polar surface area (TPSA) is 88.7 Å². The second kappa shape index (κ2) is 11.6. The van der Waals surface area contributed by atoms with Crippen LogP contribution in [0.3, 0.4) is 0 Å². The quantitative estimate of drug-likeness (QED) is 0.355. The summed E-state index contributed by atoms with van der Waals surface area (Å²) < 4.78 is 10.4.